The van der Waals surface area contributed by atoms with Crippen LogP contribution in [0.25, 0.3) is 0 Å². The second-order valence-corrected chi connectivity index (χ2v) is 5.71. The molecule has 2 fully saturated rings. The lowest BCUT2D eigenvalue weighted by atomic mass is 9.95. The molecule has 0 aromatic rings. The van der Waals surface area contributed by atoms with E-state index in [0.717, 1.165) is 19.3 Å². The molecule has 0 spiro atoms. The number of nitrogens with two attached hydrogens (primary N) is 1. The average molecular weight is 290 g/mol. The van der Waals surface area contributed by atoms with E-state index in [1.807, 2.05) is 11.8 Å². The van der Waals surface area contributed by atoms with Crippen molar-refractivity contribution in [1.29, 1.82) is 0 Å². The fraction of sp³-hybridized carbons (Fsp3) is 0.846. The number of halogens is 1. The predicted octanol–water partition coefficient (Wildman–Crippen LogP) is 0.759. The van der Waals surface area contributed by atoms with Crippen molar-refractivity contribution in [2.45, 2.75) is 51.1 Å². The van der Waals surface area contributed by atoms with Gasteiger partial charge in [0.1, 0.15) is 0 Å². The summed E-state index contributed by atoms with van der Waals surface area (Å²) >= 11 is 0. The first-order valence-electron chi connectivity index (χ1n) is 6.83. The Morgan fingerprint density at radius 2 is 2.05 bits per heavy atom. The normalized spacial score (nSPS) is 22.8. The molecule has 2 N–H and O–H groups in total. The molecule has 1 aliphatic heterocycles. The zero-order valence-corrected chi connectivity index (χ0v) is 12.5. The standard InChI is InChI=1S/C13H23N3O2.ClH/c1-3-6-13(2,14)12(18)15-7-8-16(10-4-5-10)11(17)9-15;/h10H,3-9,14H2,1-2H3;1H. The van der Waals surface area contributed by atoms with Gasteiger partial charge in [-0.05, 0) is 26.2 Å². The molecule has 110 valence electrons. The summed E-state index contributed by atoms with van der Waals surface area (Å²) in [6.07, 6.45) is 3.76. The molecule has 19 heavy (non-hydrogen) atoms. The van der Waals surface area contributed by atoms with Crippen molar-refractivity contribution in [2.24, 2.45) is 5.73 Å². The highest BCUT2D eigenvalue weighted by atomic mass is 35.5. The Hall–Kier alpha value is -0.810. The summed E-state index contributed by atoms with van der Waals surface area (Å²) < 4.78 is 0. The minimum Gasteiger partial charge on any atom is -0.336 e. The minimum atomic E-state index is -0.837. The molecule has 1 aliphatic carbocycles. The van der Waals surface area contributed by atoms with Crippen LogP contribution in [0.5, 0.6) is 0 Å². The summed E-state index contributed by atoms with van der Waals surface area (Å²) in [7, 11) is 0. The number of carbonyl (C=O) groups is 2. The van der Waals surface area contributed by atoms with E-state index in [-0.39, 0.29) is 30.8 Å². The summed E-state index contributed by atoms with van der Waals surface area (Å²) in [5.74, 6) is -0.0162. The molecule has 2 aliphatic rings. The van der Waals surface area contributed by atoms with Crippen molar-refractivity contribution in [2.75, 3.05) is 19.6 Å². The molecule has 0 bridgehead atoms. The van der Waals surface area contributed by atoms with Gasteiger partial charge >= 0.3 is 0 Å². The number of hydrogen-bond acceptors (Lipinski definition) is 3. The van der Waals surface area contributed by atoms with Crippen molar-refractivity contribution >= 4 is 24.2 Å². The smallest absolute Gasteiger partial charge is 0.242 e. The number of piperazine rings is 1. The summed E-state index contributed by atoms with van der Waals surface area (Å²) in [6, 6.07) is 0.439. The molecule has 5 nitrogen and oxygen atoms in total. The molecule has 1 saturated carbocycles. The van der Waals surface area contributed by atoms with E-state index in [2.05, 4.69) is 0 Å². The summed E-state index contributed by atoms with van der Waals surface area (Å²) in [5, 5.41) is 0. The predicted molar refractivity (Wildman–Crippen MR) is 76.1 cm³/mol. The maximum atomic E-state index is 12.3. The van der Waals surface area contributed by atoms with Crippen LogP contribution in [0.1, 0.15) is 39.5 Å². The van der Waals surface area contributed by atoms with Crippen molar-refractivity contribution in [3.05, 3.63) is 0 Å². The van der Waals surface area contributed by atoms with Crippen LogP contribution in [0.4, 0.5) is 0 Å². The van der Waals surface area contributed by atoms with Gasteiger partial charge < -0.3 is 15.5 Å². The Bertz CT molecular complexity index is 356. The molecule has 1 saturated heterocycles. The van der Waals surface area contributed by atoms with E-state index in [1.165, 1.54) is 0 Å². The molecular formula is C13H24ClN3O2. The van der Waals surface area contributed by atoms with Crippen molar-refractivity contribution in [3.8, 4) is 0 Å². The van der Waals surface area contributed by atoms with Crippen molar-refractivity contribution in [1.82, 2.24) is 9.80 Å². The third-order valence-corrected chi connectivity index (χ3v) is 3.79. The lowest BCUT2D eigenvalue weighted by Gasteiger charge is -2.38. The van der Waals surface area contributed by atoms with Gasteiger partial charge in [-0.2, -0.15) is 0 Å². The first-order valence-corrected chi connectivity index (χ1v) is 6.83. The highest BCUT2D eigenvalue weighted by Gasteiger charge is 2.39. The Morgan fingerprint density at radius 1 is 1.42 bits per heavy atom. The number of amides is 2. The van der Waals surface area contributed by atoms with Gasteiger partial charge in [-0.3, -0.25) is 9.59 Å². The monoisotopic (exact) mass is 289 g/mol. The molecule has 2 rings (SSSR count). The Labute approximate surface area is 120 Å². The Balaban J connectivity index is 0.00000180. The van der Waals surface area contributed by atoms with Crippen LogP contribution in [-0.4, -0.2) is 52.8 Å². The SMILES string of the molecule is CCCC(C)(N)C(=O)N1CCN(C2CC2)C(=O)C1.Cl. The van der Waals surface area contributed by atoms with E-state index in [1.54, 1.807) is 11.8 Å². The maximum Gasteiger partial charge on any atom is 0.242 e. The van der Waals surface area contributed by atoms with Crippen molar-refractivity contribution < 1.29 is 9.59 Å². The fourth-order valence-electron chi connectivity index (χ4n) is 2.62. The van der Waals surface area contributed by atoms with Crippen LogP contribution in [0, 0.1) is 0 Å². The Kier molecular flexibility index (Phi) is 5.21. The van der Waals surface area contributed by atoms with E-state index in [4.69, 9.17) is 5.73 Å². The Morgan fingerprint density at radius 3 is 2.53 bits per heavy atom. The van der Waals surface area contributed by atoms with E-state index in [0.29, 0.717) is 25.6 Å². The summed E-state index contributed by atoms with van der Waals surface area (Å²) in [5.41, 5.74) is 5.20. The molecule has 6 heteroatoms. The summed E-state index contributed by atoms with van der Waals surface area (Å²) in [4.78, 5) is 27.8. The fourth-order valence-corrected chi connectivity index (χ4v) is 2.62. The lowest BCUT2D eigenvalue weighted by Crippen LogP contribution is -2.60. The van der Waals surface area contributed by atoms with Crippen LogP contribution in [0.3, 0.4) is 0 Å². The number of rotatable bonds is 4. The molecule has 1 atom stereocenters. The van der Waals surface area contributed by atoms with Crippen LogP contribution in [0.15, 0.2) is 0 Å². The minimum absolute atomic E-state index is 0. The number of nitrogens with zero attached hydrogens (tertiary/aromatic N) is 2. The molecule has 0 aromatic heterocycles. The molecular weight excluding hydrogens is 266 g/mol. The van der Waals surface area contributed by atoms with Gasteiger partial charge in [-0.15, -0.1) is 12.4 Å². The van der Waals surface area contributed by atoms with E-state index in [9.17, 15) is 9.59 Å². The highest BCUT2D eigenvalue weighted by Crippen LogP contribution is 2.28. The van der Waals surface area contributed by atoms with Gasteiger partial charge in [0.2, 0.25) is 11.8 Å². The second kappa shape index (κ2) is 6.09. The first kappa shape index (κ1) is 16.2. The molecule has 1 heterocycles. The van der Waals surface area contributed by atoms with Crippen LogP contribution < -0.4 is 5.73 Å². The van der Waals surface area contributed by atoms with Crippen LogP contribution >= 0.6 is 12.4 Å². The molecule has 0 radical (unpaired) electrons. The van der Waals surface area contributed by atoms with Gasteiger partial charge in [0.25, 0.3) is 0 Å². The molecule has 0 aromatic carbocycles. The van der Waals surface area contributed by atoms with Gasteiger partial charge in [0.15, 0.2) is 0 Å². The van der Waals surface area contributed by atoms with E-state index >= 15 is 0 Å². The number of carbonyl (C=O) groups excluding carboxylic acids is 2. The van der Waals surface area contributed by atoms with Gasteiger partial charge in [-0.1, -0.05) is 13.3 Å². The molecule has 2 amide bonds. The van der Waals surface area contributed by atoms with Gasteiger partial charge in [0.05, 0.1) is 12.1 Å². The third kappa shape index (κ3) is 3.60. The van der Waals surface area contributed by atoms with Crippen molar-refractivity contribution in [3.63, 3.8) is 0 Å². The maximum absolute atomic E-state index is 12.3. The van der Waals surface area contributed by atoms with Gasteiger partial charge in [-0.25, -0.2) is 0 Å². The largest absolute Gasteiger partial charge is 0.336 e. The second-order valence-electron chi connectivity index (χ2n) is 5.71. The first-order chi connectivity index (χ1) is 8.45. The topological polar surface area (TPSA) is 66.6 Å². The van der Waals surface area contributed by atoms with Crippen LogP contribution in [-0.2, 0) is 9.59 Å². The lowest BCUT2D eigenvalue weighted by molar-refractivity contribution is -0.148. The van der Waals surface area contributed by atoms with E-state index < -0.39 is 5.54 Å². The quantitative estimate of drug-likeness (QED) is 0.831. The summed E-state index contributed by atoms with van der Waals surface area (Å²) in [6.45, 7) is 5.26. The number of hydrogen-bond donors (Lipinski definition) is 1. The third-order valence-electron chi connectivity index (χ3n) is 3.79. The highest BCUT2D eigenvalue weighted by molar-refractivity contribution is 5.91. The molecule has 1 unspecified atom stereocenters. The zero-order valence-electron chi connectivity index (χ0n) is 11.7. The average Bonchev–Trinajstić information content (AvgIpc) is 3.11. The zero-order chi connectivity index (χ0) is 13.3. The van der Waals surface area contributed by atoms with Gasteiger partial charge in [0, 0.05) is 19.1 Å². The van der Waals surface area contributed by atoms with Crippen LogP contribution in [0.2, 0.25) is 0 Å².